The highest BCUT2D eigenvalue weighted by atomic mass is 32.2. The lowest BCUT2D eigenvalue weighted by Gasteiger charge is -2.47. The van der Waals surface area contributed by atoms with Gasteiger partial charge in [-0.15, -0.1) is 0 Å². The van der Waals surface area contributed by atoms with Crippen molar-refractivity contribution in [3.8, 4) is 0 Å². The maximum absolute atomic E-state index is 12.2. The van der Waals surface area contributed by atoms with Crippen LogP contribution in [0.2, 0.25) is 0 Å². The maximum atomic E-state index is 12.2. The van der Waals surface area contributed by atoms with Crippen molar-refractivity contribution in [3.05, 3.63) is 20.9 Å². The molecule has 2 fully saturated rings. The molecule has 0 aromatic heterocycles. The second kappa shape index (κ2) is 17.3. The summed E-state index contributed by atoms with van der Waals surface area (Å²) in [6.07, 6.45) is -8.36. The Bertz CT molecular complexity index is 1150. The molecule has 0 aromatic carbocycles. The molecule has 248 valence electrons. The van der Waals surface area contributed by atoms with Crippen molar-refractivity contribution in [1.82, 2.24) is 0 Å². The molecule has 0 aromatic rings. The number of carbonyl (C=O) groups is 6. The van der Waals surface area contributed by atoms with E-state index in [-0.39, 0.29) is 0 Å². The van der Waals surface area contributed by atoms with Gasteiger partial charge in [0, 0.05) is 51.4 Å². The van der Waals surface area contributed by atoms with Crippen molar-refractivity contribution >= 4 is 47.6 Å². The Labute approximate surface area is 259 Å². The number of ether oxygens (including phenoxy) is 8. The molecule has 20 nitrogen and oxygen atoms in total. The van der Waals surface area contributed by atoms with Crippen LogP contribution in [0.15, 0.2) is 10.2 Å². The number of rotatable bonds is 12. The lowest BCUT2D eigenvalue weighted by Crippen LogP contribution is -2.62. The van der Waals surface area contributed by atoms with Crippen LogP contribution in [-0.2, 0) is 66.7 Å². The molecule has 0 N–H and O–H groups in total. The van der Waals surface area contributed by atoms with Crippen molar-refractivity contribution in [2.45, 2.75) is 101 Å². The molecule has 0 unspecified atom stereocenters. The molecular weight excluding hydrogens is 628 g/mol. The number of azide groups is 2. The summed E-state index contributed by atoms with van der Waals surface area (Å²) < 4.78 is 43.8. The number of nitrogens with zero attached hydrogens (tertiary/aromatic N) is 6. The van der Waals surface area contributed by atoms with Gasteiger partial charge in [0.15, 0.2) is 0 Å². The molecular formula is C24H32N6O14S. The minimum absolute atomic E-state index is 0.502. The smallest absolute Gasteiger partial charge is 0.303 e. The summed E-state index contributed by atoms with van der Waals surface area (Å²) in [5.41, 5.74) is 15.9. The van der Waals surface area contributed by atoms with E-state index < -0.39 is 109 Å². The van der Waals surface area contributed by atoms with Crippen LogP contribution in [0, 0.1) is 0 Å². The SMILES string of the molecule is CC(=O)OC[C@H]1O[C@@H](S[C@@H]2O[C@H](COC(C)=O)[C@H](OC(C)=O)[C@@H](N=[N+]=[N-])[C@H]2OC(C)=O)[C@H](OC(C)=O)[C@H](N=[N+]=[N-])[C@H]1OC(C)=O. The third-order valence-electron chi connectivity index (χ3n) is 5.98. The van der Waals surface area contributed by atoms with Gasteiger partial charge >= 0.3 is 35.8 Å². The van der Waals surface area contributed by atoms with Crippen LogP contribution in [-0.4, -0.2) is 109 Å². The van der Waals surface area contributed by atoms with Gasteiger partial charge in [-0.1, -0.05) is 22.0 Å². The largest absolute Gasteiger partial charge is 0.463 e. The third-order valence-corrected chi connectivity index (χ3v) is 7.28. The van der Waals surface area contributed by atoms with Crippen LogP contribution in [0.25, 0.3) is 20.9 Å². The molecule has 0 saturated carbocycles. The number of esters is 6. The first kappa shape index (κ1) is 36.9. The molecule has 21 heteroatoms. The van der Waals surface area contributed by atoms with E-state index in [0.717, 1.165) is 41.5 Å². The molecule has 45 heavy (non-hydrogen) atoms. The zero-order chi connectivity index (χ0) is 33.8. The van der Waals surface area contributed by atoms with Gasteiger partial charge in [-0.2, -0.15) is 0 Å². The van der Waals surface area contributed by atoms with E-state index in [1.165, 1.54) is 0 Å². The minimum Gasteiger partial charge on any atom is -0.463 e. The predicted molar refractivity (Wildman–Crippen MR) is 146 cm³/mol. The fourth-order valence-electron chi connectivity index (χ4n) is 4.50. The molecule has 2 aliphatic rings. The normalized spacial score (nSPS) is 30.6. The van der Waals surface area contributed by atoms with Crippen molar-refractivity contribution in [2.75, 3.05) is 13.2 Å². The van der Waals surface area contributed by atoms with Crippen molar-refractivity contribution in [3.63, 3.8) is 0 Å². The Morgan fingerprint density at radius 1 is 0.578 bits per heavy atom. The summed E-state index contributed by atoms with van der Waals surface area (Å²) in [6.45, 7) is 5.45. The third kappa shape index (κ3) is 11.0. The Balaban J connectivity index is 2.66. The van der Waals surface area contributed by atoms with Crippen LogP contribution in [0.4, 0.5) is 0 Å². The maximum Gasteiger partial charge on any atom is 0.303 e. The quantitative estimate of drug-likeness (QED) is 0.0939. The Hall–Kier alpha value is -4.29. The molecule has 0 bridgehead atoms. The van der Waals surface area contributed by atoms with Gasteiger partial charge < -0.3 is 37.9 Å². The minimum atomic E-state index is -1.49. The summed E-state index contributed by atoms with van der Waals surface area (Å²) in [7, 11) is 0. The van der Waals surface area contributed by atoms with E-state index in [1.807, 2.05) is 0 Å². The van der Waals surface area contributed by atoms with Gasteiger partial charge in [-0.25, -0.2) is 0 Å². The highest BCUT2D eigenvalue weighted by Gasteiger charge is 2.55. The van der Waals surface area contributed by atoms with E-state index in [2.05, 4.69) is 20.1 Å². The molecule has 0 radical (unpaired) electrons. The van der Waals surface area contributed by atoms with Gasteiger partial charge in [-0.3, -0.25) is 28.8 Å². The highest BCUT2D eigenvalue weighted by Crippen LogP contribution is 2.41. The summed E-state index contributed by atoms with van der Waals surface area (Å²) in [5.74, 6) is -4.81. The van der Waals surface area contributed by atoms with Crippen molar-refractivity contribution < 1.29 is 66.7 Å². The second-order valence-electron chi connectivity index (χ2n) is 9.51. The molecule has 2 aliphatic heterocycles. The van der Waals surface area contributed by atoms with Crippen LogP contribution in [0.3, 0.4) is 0 Å². The monoisotopic (exact) mass is 660 g/mol. The van der Waals surface area contributed by atoms with Gasteiger partial charge in [0.05, 0.1) is 0 Å². The molecule has 10 atom stereocenters. The predicted octanol–water partition coefficient (Wildman–Crippen LogP) is 1.38. The molecule has 2 heterocycles. The Morgan fingerprint density at radius 2 is 0.889 bits per heavy atom. The van der Waals surface area contributed by atoms with Crippen LogP contribution >= 0.6 is 11.8 Å². The lowest BCUT2D eigenvalue weighted by atomic mass is 9.97. The zero-order valence-electron chi connectivity index (χ0n) is 25.0. The van der Waals surface area contributed by atoms with E-state index in [1.54, 1.807) is 0 Å². The average Bonchev–Trinajstić information content (AvgIpc) is 2.92. The number of hydrogen-bond donors (Lipinski definition) is 0. The molecule has 2 saturated heterocycles. The van der Waals surface area contributed by atoms with Gasteiger partial charge in [0.25, 0.3) is 0 Å². The fraction of sp³-hybridized carbons (Fsp3) is 0.750. The topological polar surface area (TPSA) is 274 Å². The number of thioether (sulfide) groups is 1. The van der Waals surface area contributed by atoms with Crippen LogP contribution in [0.5, 0.6) is 0 Å². The Morgan fingerprint density at radius 3 is 1.16 bits per heavy atom. The number of hydrogen-bond acceptors (Lipinski definition) is 17. The van der Waals surface area contributed by atoms with Gasteiger partial charge in [0.2, 0.25) is 0 Å². The summed E-state index contributed by atoms with van der Waals surface area (Å²) >= 11 is 0.691. The number of carbonyl (C=O) groups excluding carboxylic acids is 6. The molecule has 2 rings (SSSR count). The standard InChI is InChI=1S/C24H32N6O14S/c1-9(31)37-7-15-19(39-11(3)33)17(27-29-25)21(41-13(5)35)23(43-15)45-24-22(42-14(6)36)18(28-30-26)20(40-12(4)34)16(44-24)8-38-10(2)32/h15-24H,7-8H2,1-6H3/t15-,16-,17-,18-,19+,20+,21-,22-,23+,24+/m1/s1. The summed E-state index contributed by atoms with van der Waals surface area (Å²) in [5, 5.41) is 7.36. The first-order chi connectivity index (χ1) is 21.2. The zero-order valence-corrected chi connectivity index (χ0v) is 25.8. The summed E-state index contributed by atoms with van der Waals surface area (Å²) in [4.78, 5) is 77.0. The van der Waals surface area contributed by atoms with E-state index in [0.29, 0.717) is 11.8 Å². The van der Waals surface area contributed by atoms with E-state index in [9.17, 15) is 39.8 Å². The first-order valence-corrected chi connectivity index (χ1v) is 14.1. The molecule has 0 amide bonds. The second-order valence-corrected chi connectivity index (χ2v) is 10.7. The van der Waals surface area contributed by atoms with Crippen molar-refractivity contribution in [1.29, 1.82) is 0 Å². The van der Waals surface area contributed by atoms with Gasteiger partial charge in [0.1, 0.15) is 72.8 Å². The summed E-state index contributed by atoms with van der Waals surface area (Å²) in [6, 6.07) is -2.88. The molecule has 0 spiro atoms. The first-order valence-electron chi connectivity index (χ1n) is 13.2. The molecule has 0 aliphatic carbocycles. The average molecular weight is 661 g/mol. The fourth-order valence-corrected chi connectivity index (χ4v) is 5.92. The van der Waals surface area contributed by atoms with Crippen LogP contribution < -0.4 is 0 Å². The van der Waals surface area contributed by atoms with E-state index in [4.69, 9.17) is 37.9 Å². The Kier molecular flexibility index (Phi) is 14.2. The lowest BCUT2D eigenvalue weighted by molar-refractivity contribution is -0.205. The van der Waals surface area contributed by atoms with Gasteiger partial charge in [-0.05, 0) is 11.1 Å². The van der Waals surface area contributed by atoms with E-state index >= 15 is 0 Å². The van der Waals surface area contributed by atoms with Crippen LogP contribution in [0.1, 0.15) is 41.5 Å². The van der Waals surface area contributed by atoms with Crippen molar-refractivity contribution in [2.24, 2.45) is 10.2 Å². The highest BCUT2D eigenvalue weighted by molar-refractivity contribution is 8.00.